The van der Waals surface area contributed by atoms with Crippen molar-refractivity contribution in [3.05, 3.63) is 59.9 Å². The van der Waals surface area contributed by atoms with E-state index in [1.807, 2.05) is 43.3 Å². The van der Waals surface area contributed by atoms with Gasteiger partial charge in [-0.05, 0) is 29.8 Å². The zero-order valence-corrected chi connectivity index (χ0v) is 13.6. The third kappa shape index (κ3) is 5.95. The molecule has 1 aromatic heterocycles. The molecule has 118 valence electrons. The normalized spacial score (nSPS) is 12.0. The van der Waals surface area contributed by atoms with Gasteiger partial charge in [0.25, 0.3) is 0 Å². The van der Waals surface area contributed by atoms with Gasteiger partial charge in [-0.1, -0.05) is 25.1 Å². The van der Waals surface area contributed by atoms with Crippen LogP contribution in [0.15, 0.2) is 48.7 Å². The summed E-state index contributed by atoms with van der Waals surface area (Å²) in [4.78, 5) is 4.24. The predicted octanol–water partition coefficient (Wildman–Crippen LogP) is 2.52. The van der Waals surface area contributed by atoms with Gasteiger partial charge in [-0.15, -0.1) is 0 Å². The Bertz CT molecular complexity index is 590. The van der Waals surface area contributed by atoms with Crippen LogP contribution in [0.3, 0.4) is 0 Å². The molecule has 1 heterocycles. The summed E-state index contributed by atoms with van der Waals surface area (Å²) >= 11 is 0. The molecule has 0 saturated heterocycles. The van der Waals surface area contributed by atoms with Crippen molar-refractivity contribution in [2.24, 2.45) is 0 Å². The van der Waals surface area contributed by atoms with E-state index in [4.69, 9.17) is 4.74 Å². The first-order valence-electron chi connectivity index (χ1n) is 7.45. The summed E-state index contributed by atoms with van der Waals surface area (Å²) in [5, 5.41) is 3.31. The van der Waals surface area contributed by atoms with Crippen LogP contribution >= 0.6 is 0 Å². The lowest BCUT2D eigenvalue weighted by atomic mass is 10.2. The molecule has 0 radical (unpaired) electrons. The molecule has 0 saturated carbocycles. The van der Waals surface area contributed by atoms with Crippen LogP contribution in [0.2, 0.25) is 0 Å². The molecular weight excluding hydrogens is 296 g/mol. The smallest absolute Gasteiger partial charge is 0.130 e. The summed E-state index contributed by atoms with van der Waals surface area (Å²) in [6.45, 7) is 3.92. The first-order chi connectivity index (χ1) is 10.8. The molecular formula is C17H22N2O2S. The van der Waals surface area contributed by atoms with E-state index in [-0.39, 0.29) is 0 Å². The number of hydrogen-bond acceptors (Lipinski definition) is 4. The van der Waals surface area contributed by atoms with Crippen LogP contribution in [0.25, 0.3) is 0 Å². The maximum atomic E-state index is 11.3. The van der Waals surface area contributed by atoms with Gasteiger partial charge in [-0.25, -0.2) is 0 Å². The minimum Gasteiger partial charge on any atom is -0.487 e. The fraction of sp³-hybridized carbons (Fsp3) is 0.353. The Balaban J connectivity index is 1.78. The third-order valence-corrected chi connectivity index (χ3v) is 4.47. The van der Waals surface area contributed by atoms with E-state index in [0.717, 1.165) is 35.8 Å². The van der Waals surface area contributed by atoms with Crippen LogP contribution in [0.4, 0.5) is 0 Å². The highest BCUT2D eigenvalue weighted by Gasteiger charge is 2.00. The van der Waals surface area contributed by atoms with Crippen molar-refractivity contribution >= 4 is 10.8 Å². The second-order valence-electron chi connectivity index (χ2n) is 4.87. The van der Waals surface area contributed by atoms with Gasteiger partial charge in [-0.3, -0.25) is 9.19 Å². The van der Waals surface area contributed by atoms with Crippen molar-refractivity contribution in [3.8, 4) is 5.75 Å². The Morgan fingerprint density at radius 1 is 1.23 bits per heavy atom. The van der Waals surface area contributed by atoms with Gasteiger partial charge in [-0.2, -0.15) is 0 Å². The molecule has 4 nitrogen and oxygen atoms in total. The standard InChI is InChI=1S/C17H22N2O2S/c1-2-22(20)11-10-18-13-15-6-5-8-17(12-15)21-14-16-7-3-4-9-19-16/h3-9,12,18H,2,10-11,13-14H2,1H3. The predicted molar refractivity (Wildman–Crippen MR) is 90.3 cm³/mol. The lowest BCUT2D eigenvalue weighted by Gasteiger charge is -2.08. The van der Waals surface area contributed by atoms with Gasteiger partial charge in [0.2, 0.25) is 0 Å². The molecule has 0 aliphatic heterocycles. The number of nitrogens with one attached hydrogen (secondary N) is 1. The van der Waals surface area contributed by atoms with Gasteiger partial charge in [0.05, 0.1) is 5.69 Å². The molecule has 0 spiro atoms. The summed E-state index contributed by atoms with van der Waals surface area (Å²) in [7, 11) is -0.708. The van der Waals surface area contributed by atoms with E-state index in [2.05, 4.69) is 16.4 Å². The van der Waals surface area contributed by atoms with E-state index in [0.29, 0.717) is 12.4 Å². The molecule has 2 rings (SSSR count). The third-order valence-electron chi connectivity index (χ3n) is 3.17. The van der Waals surface area contributed by atoms with Gasteiger partial charge in [0.1, 0.15) is 12.4 Å². The maximum absolute atomic E-state index is 11.3. The number of nitrogens with zero attached hydrogens (tertiary/aromatic N) is 1. The molecule has 0 fully saturated rings. The van der Waals surface area contributed by atoms with Crippen molar-refractivity contribution in [3.63, 3.8) is 0 Å². The van der Waals surface area contributed by atoms with E-state index >= 15 is 0 Å². The largest absolute Gasteiger partial charge is 0.487 e. The molecule has 5 heteroatoms. The number of benzene rings is 1. The average molecular weight is 318 g/mol. The summed E-state index contributed by atoms with van der Waals surface area (Å²) in [5.74, 6) is 2.26. The molecule has 0 bridgehead atoms. The van der Waals surface area contributed by atoms with Gasteiger partial charge in [0.15, 0.2) is 0 Å². The molecule has 2 aromatic rings. The van der Waals surface area contributed by atoms with Crippen LogP contribution in [-0.4, -0.2) is 27.2 Å². The summed E-state index contributed by atoms with van der Waals surface area (Å²) in [5.41, 5.74) is 2.06. The fourth-order valence-electron chi connectivity index (χ4n) is 1.95. The van der Waals surface area contributed by atoms with E-state index < -0.39 is 10.8 Å². The lowest BCUT2D eigenvalue weighted by molar-refractivity contribution is 0.301. The van der Waals surface area contributed by atoms with Crippen LogP contribution in [-0.2, 0) is 24.0 Å². The highest BCUT2D eigenvalue weighted by atomic mass is 32.2. The topological polar surface area (TPSA) is 51.2 Å². The quantitative estimate of drug-likeness (QED) is 0.722. The minimum atomic E-state index is -0.708. The SMILES string of the molecule is CCS(=O)CCNCc1cccc(OCc2ccccn2)c1. The van der Waals surface area contributed by atoms with Crippen molar-refractivity contribution in [2.75, 3.05) is 18.1 Å². The van der Waals surface area contributed by atoms with Crippen LogP contribution < -0.4 is 10.1 Å². The number of ether oxygens (including phenoxy) is 1. The lowest BCUT2D eigenvalue weighted by Crippen LogP contribution is -2.20. The number of rotatable bonds is 9. The first kappa shape index (κ1) is 16.6. The van der Waals surface area contributed by atoms with Crippen LogP contribution in [0, 0.1) is 0 Å². The Morgan fingerprint density at radius 3 is 2.91 bits per heavy atom. The second-order valence-corrected chi connectivity index (χ2v) is 6.73. The Hall–Kier alpha value is -1.72. The highest BCUT2D eigenvalue weighted by Crippen LogP contribution is 2.14. The van der Waals surface area contributed by atoms with Crippen LogP contribution in [0.5, 0.6) is 5.75 Å². The van der Waals surface area contributed by atoms with Gasteiger partial charge >= 0.3 is 0 Å². The van der Waals surface area contributed by atoms with Crippen molar-refractivity contribution in [2.45, 2.75) is 20.1 Å². The number of pyridine rings is 1. The zero-order chi connectivity index (χ0) is 15.6. The van der Waals surface area contributed by atoms with Crippen molar-refractivity contribution in [1.82, 2.24) is 10.3 Å². The zero-order valence-electron chi connectivity index (χ0n) is 12.8. The Labute approximate surface area is 134 Å². The van der Waals surface area contributed by atoms with Crippen LogP contribution in [0.1, 0.15) is 18.2 Å². The van der Waals surface area contributed by atoms with E-state index in [1.165, 1.54) is 0 Å². The highest BCUT2D eigenvalue weighted by molar-refractivity contribution is 7.84. The molecule has 1 atom stereocenters. The summed E-state index contributed by atoms with van der Waals surface area (Å²) < 4.78 is 17.1. The minimum absolute atomic E-state index is 0.465. The van der Waals surface area contributed by atoms with Gasteiger partial charge < -0.3 is 10.1 Å². The summed E-state index contributed by atoms with van der Waals surface area (Å²) in [6, 6.07) is 13.8. The Kier molecular flexibility index (Phi) is 7.06. The monoisotopic (exact) mass is 318 g/mol. The summed E-state index contributed by atoms with van der Waals surface area (Å²) in [6.07, 6.45) is 1.76. The molecule has 0 aliphatic rings. The molecule has 1 aromatic carbocycles. The van der Waals surface area contributed by atoms with Gasteiger partial charge in [0, 0.05) is 41.6 Å². The maximum Gasteiger partial charge on any atom is 0.130 e. The number of hydrogen-bond donors (Lipinski definition) is 1. The number of aromatic nitrogens is 1. The second kappa shape index (κ2) is 9.33. The molecule has 1 unspecified atom stereocenters. The van der Waals surface area contributed by atoms with Crippen molar-refractivity contribution < 1.29 is 8.95 Å². The fourth-order valence-corrected chi connectivity index (χ4v) is 2.61. The van der Waals surface area contributed by atoms with Crippen molar-refractivity contribution in [1.29, 1.82) is 0 Å². The average Bonchev–Trinajstić information content (AvgIpc) is 2.58. The molecule has 1 N–H and O–H groups in total. The van der Waals surface area contributed by atoms with E-state index in [1.54, 1.807) is 6.20 Å². The Morgan fingerprint density at radius 2 is 2.14 bits per heavy atom. The molecule has 22 heavy (non-hydrogen) atoms. The molecule has 0 aliphatic carbocycles. The molecule has 0 amide bonds. The van der Waals surface area contributed by atoms with E-state index in [9.17, 15) is 4.21 Å². The first-order valence-corrected chi connectivity index (χ1v) is 8.94.